The van der Waals surface area contributed by atoms with E-state index in [9.17, 15) is 4.79 Å². The maximum atomic E-state index is 12.6. The third-order valence-electron chi connectivity index (χ3n) is 3.50. The van der Waals surface area contributed by atoms with Crippen LogP contribution in [0, 0.1) is 5.92 Å². The molecule has 0 amide bonds. The maximum absolute atomic E-state index is 12.6. The van der Waals surface area contributed by atoms with Crippen LogP contribution in [0.25, 0.3) is 0 Å². The van der Waals surface area contributed by atoms with Crippen LogP contribution in [0.3, 0.4) is 0 Å². The van der Waals surface area contributed by atoms with E-state index in [2.05, 4.69) is 13.8 Å². The van der Waals surface area contributed by atoms with Crippen LogP contribution >= 0.6 is 20.2 Å². The smallest absolute Gasteiger partial charge is 1.00 e. The van der Waals surface area contributed by atoms with Crippen molar-refractivity contribution in [2.24, 2.45) is 5.92 Å². The van der Waals surface area contributed by atoms with Crippen LogP contribution in [-0.4, -0.2) is 19.2 Å². The summed E-state index contributed by atoms with van der Waals surface area (Å²) in [5, 5.41) is 1.36. The van der Waals surface area contributed by atoms with Crippen molar-refractivity contribution in [3.63, 3.8) is 0 Å². The second-order valence-electron chi connectivity index (χ2n) is 5.83. The quantitative estimate of drug-likeness (QED) is 0.525. The Kier molecular flexibility index (Phi) is 9.62. The Morgan fingerprint density at radius 3 is 2.48 bits per heavy atom. The molecule has 0 fully saturated rings. The molecule has 3 nitrogen and oxygen atoms in total. The van der Waals surface area contributed by atoms with Crippen molar-refractivity contribution >= 4 is 31.0 Å². The minimum Gasteiger partial charge on any atom is -1.00 e. The predicted octanol–water partition coefficient (Wildman–Crippen LogP) is 2.03. The van der Waals surface area contributed by atoms with Gasteiger partial charge in [-0.2, -0.15) is 0 Å². The van der Waals surface area contributed by atoms with Crippen LogP contribution in [0.5, 0.6) is 11.5 Å². The monoisotopic (exact) mass is 372 g/mol. The number of rotatable bonds is 8. The van der Waals surface area contributed by atoms with Crippen LogP contribution in [0.1, 0.15) is 32.1 Å². The molecule has 1 unspecified atom stereocenters. The van der Waals surface area contributed by atoms with E-state index in [4.69, 9.17) is 21.1 Å². The molecule has 0 heterocycles. The second kappa shape index (κ2) is 10.9. The van der Waals surface area contributed by atoms with Gasteiger partial charge in [-0.25, -0.2) is 0 Å². The molecule has 2 aromatic rings. The summed E-state index contributed by atoms with van der Waals surface area (Å²) < 4.78 is 10.9. The molecule has 130 valence electrons. The molecule has 0 aliphatic rings. The first-order valence-corrected chi connectivity index (χ1v) is 9.25. The van der Waals surface area contributed by atoms with E-state index in [-0.39, 0.29) is 34.4 Å². The van der Waals surface area contributed by atoms with Gasteiger partial charge in [0.1, 0.15) is 11.5 Å². The maximum Gasteiger partial charge on any atom is 1.00 e. The molecule has 6 heteroatoms. The Labute approximate surface area is 169 Å². The van der Waals surface area contributed by atoms with E-state index in [1.165, 1.54) is 7.11 Å². The van der Waals surface area contributed by atoms with E-state index in [0.29, 0.717) is 28.9 Å². The number of methoxy groups -OCH3 is 1. The molecular formula is C19H23ClLiO3P. The molecule has 0 bridgehead atoms. The number of hydrogen-bond acceptors (Lipinski definition) is 3. The van der Waals surface area contributed by atoms with E-state index < -0.39 is 0 Å². The molecular weight excluding hydrogens is 350 g/mol. The van der Waals surface area contributed by atoms with Crippen molar-refractivity contribution in [2.45, 2.75) is 20.3 Å². The zero-order valence-electron chi connectivity index (χ0n) is 16.1. The van der Waals surface area contributed by atoms with Gasteiger partial charge in [-0.1, -0.05) is 43.6 Å². The van der Waals surface area contributed by atoms with Crippen molar-refractivity contribution < 1.29 is 34.6 Å². The Bertz CT molecular complexity index is 696. The summed E-state index contributed by atoms with van der Waals surface area (Å²) in [5.41, 5.74) is 0.406. The molecule has 1 atom stereocenters. The molecule has 2 rings (SSSR count). The Morgan fingerprint density at radius 2 is 1.88 bits per heavy atom. The minimum absolute atomic E-state index is 0. The molecule has 0 spiro atoms. The predicted molar refractivity (Wildman–Crippen MR) is 103 cm³/mol. The molecule has 0 saturated heterocycles. The van der Waals surface area contributed by atoms with Crippen LogP contribution in [0.4, 0.5) is 0 Å². The molecule has 0 aliphatic heterocycles. The van der Waals surface area contributed by atoms with E-state index in [0.717, 1.165) is 17.5 Å². The number of hydrogen-bond donors (Lipinski definition) is 0. The summed E-state index contributed by atoms with van der Waals surface area (Å²) >= 11 is 6.16. The molecule has 2 aromatic carbocycles. The number of halogens is 1. The molecule has 0 N–H and O–H groups in total. The van der Waals surface area contributed by atoms with Gasteiger partial charge in [0.05, 0.1) is 24.3 Å². The second-order valence-corrected chi connectivity index (χ2v) is 7.52. The van der Waals surface area contributed by atoms with Gasteiger partial charge in [-0.15, -0.1) is 0 Å². The van der Waals surface area contributed by atoms with Crippen LogP contribution < -0.4 is 33.6 Å². The first-order chi connectivity index (χ1) is 11.5. The average molecular weight is 373 g/mol. The van der Waals surface area contributed by atoms with E-state index in [1.54, 1.807) is 18.2 Å². The number of carbonyl (C=O) groups is 1. The van der Waals surface area contributed by atoms with Crippen LogP contribution in [0.2, 0.25) is 5.02 Å². The minimum atomic E-state index is -0.0362. The fraction of sp³-hybridized carbons (Fsp3) is 0.316. The van der Waals surface area contributed by atoms with Crippen molar-refractivity contribution in [3.8, 4) is 11.5 Å². The molecule has 0 aromatic heterocycles. The molecule has 0 radical (unpaired) electrons. The van der Waals surface area contributed by atoms with Crippen molar-refractivity contribution in [3.05, 3.63) is 53.1 Å². The molecule has 25 heavy (non-hydrogen) atoms. The van der Waals surface area contributed by atoms with Gasteiger partial charge in [0.15, 0.2) is 5.52 Å². The first-order valence-electron chi connectivity index (χ1n) is 7.88. The summed E-state index contributed by atoms with van der Waals surface area (Å²) in [5.74, 6) is 1.95. The average Bonchev–Trinajstić information content (AvgIpc) is 2.55. The van der Waals surface area contributed by atoms with Crippen molar-refractivity contribution in [2.75, 3.05) is 13.7 Å². The summed E-state index contributed by atoms with van der Waals surface area (Å²) in [7, 11) is 1.52. The standard InChI is InChI=1S/C19H22ClO3P.Li.H/c1-13(2)11-12-23-14-7-9-15(10-8-14)24-19(21)18-16(20)5-4-6-17(18)22-3;;/h4-10,13,24H,11-12H2,1-3H3;;/q;+1;-1. The number of benzene rings is 2. The Hall–Kier alpha value is -0.973. The summed E-state index contributed by atoms with van der Waals surface area (Å²) in [6.45, 7) is 5.04. The van der Waals surface area contributed by atoms with Gasteiger partial charge in [-0.3, -0.25) is 4.79 Å². The van der Waals surface area contributed by atoms with Gasteiger partial charge >= 0.3 is 18.9 Å². The summed E-state index contributed by atoms with van der Waals surface area (Å²) in [6, 6.07) is 12.9. The van der Waals surface area contributed by atoms with E-state index >= 15 is 0 Å². The van der Waals surface area contributed by atoms with Crippen molar-refractivity contribution in [1.82, 2.24) is 0 Å². The summed E-state index contributed by atoms with van der Waals surface area (Å²) in [4.78, 5) is 12.6. The number of ether oxygens (including phenoxy) is 2. The third kappa shape index (κ3) is 6.68. The zero-order valence-corrected chi connectivity index (χ0v) is 16.9. The fourth-order valence-electron chi connectivity index (χ4n) is 2.14. The first kappa shape index (κ1) is 22.1. The summed E-state index contributed by atoms with van der Waals surface area (Å²) in [6.07, 6.45) is 1.02. The number of carbonyl (C=O) groups excluding carboxylic acids is 1. The molecule has 0 aliphatic carbocycles. The normalized spacial score (nSPS) is 10.8. The largest absolute Gasteiger partial charge is 1.00 e. The Balaban J connectivity index is 0.00000312. The van der Waals surface area contributed by atoms with Gasteiger partial charge < -0.3 is 10.9 Å². The Morgan fingerprint density at radius 1 is 1.20 bits per heavy atom. The van der Waals surface area contributed by atoms with Gasteiger partial charge in [0.2, 0.25) is 0 Å². The van der Waals surface area contributed by atoms with Crippen LogP contribution in [-0.2, 0) is 0 Å². The van der Waals surface area contributed by atoms with Crippen LogP contribution in [0.15, 0.2) is 42.5 Å². The van der Waals surface area contributed by atoms with E-state index in [1.807, 2.05) is 24.3 Å². The van der Waals surface area contributed by atoms with Gasteiger partial charge in [0.25, 0.3) is 0 Å². The molecule has 0 saturated carbocycles. The SMILES string of the molecule is COc1cccc(Cl)c1C(=O)Pc1ccc(OCCC(C)C)cc1.[H-].[Li+]. The topological polar surface area (TPSA) is 35.5 Å². The zero-order chi connectivity index (χ0) is 17.5. The fourth-order valence-corrected chi connectivity index (χ4v) is 3.44. The van der Waals surface area contributed by atoms with Gasteiger partial charge in [0, 0.05) is 0 Å². The van der Waals surface area contributed by atoms with Crippen molar-refractivity contribution in [1.29, 1.82) is 0 Å². The van der Waals surface area contributed by atoms with Gasteiger partial charge in [-0.05, 0) is 50.5 Å². The third-order valence-corrected chi connectivity index (χ3v) is 4.91.